The Hall–Kier alpha value is -1.43. The predicted octanol–water partition coefficient (Wildman–Crippen LogP) is 3.35. The quantitative estimate of drug-likeness (QED) is 0.815. The second kappa shape index (κ2) is 5.52. The van der Waals surface area contributed by atoms with Gasteiger partial charge in [0.15, 0.2) is 5.15 Å². The number of halogens is 2. The van der Waals surface area contributed by atoms with E-state index in [1.165, 1.54) is 5.56 Å². The molecule has 102 valence electrons. The third kappa shape index (κ3) is 2.70. The third-order valence-corrected chi connectivity index (χ3v) is 3.89. The SMILES string of the molecule is O=C(Nc1cc(Br)cnc1Cl)c1ccc2c(c1)CNC2. The molecule has 6 heteroatoms. The number of amides is 1. The summed E-state index contributed by atoms with van der Waals surface area (Å²) in [5.41, 5.74) is 3.51. The fourth-order valence-corrected chi connectivity index (χ4v) is 2.62. The van der Waals surface area contributed by atoms with Crippen molar-refractivity contribution in [2.45, 2.75) is 13.1 Å². The lowest BCUT2D eigenvalue weighted by molar-refractivity contribution is 0.102. The van der Waals surface area contributed by atoms with Gasteiger partial charge in [-0.3, -0.25) is 4.79 Å². The molecule has 3 rings (SSSR count). The minimum atomic E-state index is -0.193. The molecule has 20 heavy (non-hydrogen) atoms. The molecule has 0 atom stereocenters. The Bertz CT molecular complexity index is 690. The zero-order valence-electron chi connectivity index (χ0n) is 10.4. The van der Waals surface area contributed by atoms with Crippen LogP contribution >= 0.6 is 27.5 Å². The summed E-state index contributed by atoms with van der Waals surface area (Å²) in [6, 6.07) is 7.43. The van der Waals surface area contributed by atoms with Crippen LogP contribution in [0.25, 0.3) is 0 Å². The molecule has 1 aromatic heterocycles. The normalized spacial score (nSPS) is 13.1. The minimum Gasteiger partial charge on any atom is -0.319 e. The number of hydrogen-bond acceptors (Lipinski definition) is 3. The zero-order chi connectivity index (χ0) is 14.1. The minimum absolute atomic E-state index is 0.193. The van der Waals surface area contributed by atoms with Gasteiger partial charge in [-0.1, -0.05) is 17.7 Å². The number of pyridine rings is 1. The van der Waals surface area contributed by atoms with Crippen LogP contribution in [0.2, 0.25) is 5.15 Å². The highest BCUT2D eigenvalue weighted by molar-refractivity contribution is 9.10. The van der Waals surface area contributed by atoms with Crippen molar-refractivity contribution in [3.63, 3.8) is 0 Å². The first-order chi connectivity index (χ1) is 9.63. The van der Waals surface area contributed by atoms with Gasteiger partial charge in [0.1, 0.15) is 0 Å². The molecule has 0 unspecified atom stereocenters. The van der Waals surface area contributed by atoms with Gasteiger partial charge in [0, 0.05) is 29.3 Å². The van der Waals surface area contributed by atoms with Gasteiger partial charge in [-0.05, 0) is 45.3 Å². The van der Waals surface area contributed by atoms with Crippen LogP contribution in [0.15, 0.2) is 34.9 Å². The van der Waals surface area contributed by atoms with Crippen LogP contribution in [0.5, 0.6) is 0 Å². The second-order valence-corrected chi connectivity index (χ2v) is 5.81. The summed E-state index contributed by atoms with van der Waals surface area (Å²) in [7, 11) is 0. The number of nitrogens with zero attached hydrogens (tertiary/aromatic N) is 1. The largest absolute Gasteiger partial charge is 0.319 e. The number of rotatable bonds is 2. The van der Waals surface area contributed by atoms with Crippen LogP contribution in [0.3, 0.4) is 0 Å². The number of carbonyl (C=O) groups excluding carboxylic acids is 1. The number of benzene rings is 1. The molecule has 0 saturated carbocycles. The summed E-state index contributed by atoms with van der Waals surface area (Å²) in [5.74, 6) is -0.193. The molecule has 1 amide bonds. The molecule has 0 radical (unpaired) electrons. The van der Waals surface area contributed by atoms with Crippen molar-refractivity contribution < 1.29 is 4.79 Å². The molecule has 2 aromatic rings. The van der Waals surface area contributed by atoms with Crippen molar-refractivity contribution in [1.29, 1.82) is 0 Å². The Kier molecular flexibility index (Phi) is 3.74. The Balaban J connectivity index is 1.84. The molecule has 2 N–H and O–H groups in total. The van der Waals surface area contributed by atoms with Gasteiger partial charge in [-0.15, -0.1) is 0 Å². The number of anilines is 1. The predicted molar refractivity (Wildman–Crippen MR) is 81.9 cm³/mol. The lowest BCUT2D eigenvalue weighted by Crippen LogP contribution is -2.13. The molecule has 2 heterocycles. The van der Waals surface area contributed by atoms with Crippen LogP contribution in [0.4, 0.5) is 5.69 Å². The zero-order valence-corrected chi connectivity index (χ0v) is 12.8. The van der Waals surface area contributed by atoms with Crippen LogP contribution in [-0.4, -0.2) is 10.9 Å². The Morgan fingerprint density at radius 3 is 2.95 bits per heavy atom. The molecular weight excluding hydrogens is 342 g/mol. The Morgan fingerprint density at radius 1 is 1.30 bits per heavy atom. The van der Waals surface area contributed by atoms with Crippen molar-refractivity contribution in [1.82, 2.24) is 10.3 Å². The highest BCUT2D eigenvalue weighted by Crippen LogP contribution is 2.24. The third-order valence-electron chi connectivity index (χ3n) is 3.15. The molecule has 0 spiro atoms. The fraction of sp³-hybridized carbons (Fsp3) is 0.143. The van der Waals surface area contributed by atoms with Crippen LogP contribution < -0.4 is 10.6 Å². The van der Waals surface area contributed by atoms with Crippen molar-refractivity contribution in [3.05, 3.63) is 56.8 Å². The molecular formula is C14H11BrClN3O. The van der Waals surface area contributed by atoms with E-state index in [1.54, 1.807) is 12.3 Å². The van der Waals surface area contributed by atoms with E-state index in [4.69, 9.17) is 11.6 Å². The lowest BCUT2D eigenvalue weighted by Gasteiger charge is -2.08. The van der Waals surface area contributed by atoms with Crippen molar-refractivity contribution in [2.75, 3.05) is 5.32 Å². The summed E-state index contributed by atoms with van der Waals surface area (Å²) in [6.45, 7) is 1.66. The van der Waals surface area contributed by atoms with Crippen LogP contribution in [-0.2, 0) is 13.1 Å². The first-order valence-electron chi connectivity index (χ1n) is 6.08. The average Bonchev–Trinajstić information content (AvgIpc) is 2.90. The van der Waals surface area contributed by atoms with Crippen molar-refractivity contribution in [3.8, 4) is 0 Å². The van der Waals surface area contributed by atoms with Gasteiger partial charge in [0.05, 0.1) is 5.69 Å². The molecule has 1 aliphatic rings. The smallest absolute Gasteiger partial charge is 0.255 e. The fourth-order valence-electron chi connectivity index (χ4n) is 2.14. The molecule has 1 aliphatic heterocycles. The van der Waals surface area contributed by atoms with E-state index in [0.717, 1.165) is 23.1 Å². The summed E-state index contributed by atoms with van der Waals surface area (Å²) < 4.78 is 0.760. The number of hydrogen-bond donors (Lipinski definition) is 2. The van der Waals surface area contributed by atoms with E-state index >= 15 is 0 Å². The molecule has 1 aromatic carbocycles. The highest BCUT2D eigenvalue weighted by atomic mass is 79.9. The summed E-state index contributed by atoms with van der Waals surface area (Å²) in [6.07, 6.45) is 1.58. The molecule has 0 aliphatic carbocycles. The van der Waals surface area contributed by atoms with Gasteiger partial charge >= 0.3 is 0 Å². The molecule has 0 saturated heterocycles. The average molecular weight is 353 g/mol. The maximum Gasteiger partial charge on any atom is 0.255 e. The Labute approximate surface area is 129 Å². The van der Waals surface area contributed by atoms with Gasteiger partial charge in [-0.2, -0.15) is 0 Å². The molecule has 4 nitrogen and oxygen atoms in total. The highest BCUT2D eigenvalue weighted by Gasteiger charge is 2.14. The molecule has 0 fully saturated rings. The van der Waals surface area contributed by atoms with E-state index in [2.05, 4.69) is 31.5 Å². The number of fused-ring (bicyclic) bond motifs is 1. The first kappa shape index (κ1) is 13.5. The van der Waals surface area contributed by atoms with Gasteiger partial charge in [0.25, 0.3) is 5.91 Å². The van der Waals surface area contributed by atoms with E-state index in [9.17, 15) is 4.79 Å². The molecule has 0 bridgehead atoms. The lowest BCUT2D eigenvalue weighted by atomic mass is 10.1. The summed E-state index contributed by atoms with van der Waals surface area (Å²) in [5, 5.41) is 6.29. The monoisotopic (exact) mass is 351 g/mol. The maximum absolute atomic E-state index is 12.2. The summed E-state index contributed by atoms with van der Waals surface area (Å²) in [4.78, 5) is 16.2. The van der Waals surface area contributed by atoms with Crippen molar-refractivity contribution >= 4 is 39.1 Å². The standard InChI is InChI=1S/C14H11BrClN3O/c15-11-4-12(13(16)18-7-11)19-14(20)8-1-2-9-5-17-6-10(9)3-8/h1-4,7,17H,5-6H2,(H,19,20). The second-order valence-electron chi connectivity index (χ2n) is 4.53. The van der Waals surface area contributed by atoms with E-state index in [0.29, 0.717) is 11.3 Å². The van der Waals surface area contributed by atoms with E-state index in [-0.39, 0.29) is 11.1 Å². The topological polar surface area (TPSA) is 54.0 Å². The number of carbonyl (C=O) groups is 1. The van der Waals surface area contributed by atoms with Gasteiger partial charge in [0.2, 0.25) is 0 Å². The van der Waals surface area contributed by atoms with Crippen molar-refractivity contribution in [2.24, 2.45) is 0 Å². The number of nitrogens with one attached hydrogen (secondary N) is 2. The first-order valence-corrected chi connectivity index (χ1v) is 7.25. The van der Waals surface area contributed by atoms with Gasteiger partial charge in [-0.25, -0.2) is 4.98 Å². The van der Waals surface area contributed by atoms with Gasteiger partial charge < -0.3 is 10.6 Å². The van der Waals surface area contributed by atoms with E-state index in [1.807, 2.05) is 18.2 Å². The number of aromatic nitrogens is 1. The van der Waals surface area contributed by atoms with E-state index < -0.39 is 0 Å². The van der Waals surface area contributed by atoms with Crippen LogP contribution in [0, 0.1) is 0 Å². The summed E-state index contributed by atoms with van der Waals surface area (Å²) >= 11 is 9.27. The van der Waals surface area contributed by atoms with Crippen LogP contribution in [0.1, 0.15) is 21.5 Å². The maximum atomic E-state index is 12.2. The Morgan fingerprint density at radius 2 is 2.10 bits per heavy atom.